The Morgan fingerprint density at radius 1 is 0.533 bits per heavy atom. The van der Waals surface area contributed by atoms with Crippen molar-refractivity contribution in [3.05, 3.63) is 109 Å². The van der Waals surface area contributed by atoms with Crippen LogP contribution in [-0.4, -0.2) is 59.9 Å². The first-order valence-electron chi connectivity index (χ1n) is 21.9. The smallest absolute Gasteiger partial charge is 0.472 e. The van der Waals surface area contributed by atoms with Crippen molar-refractivity contribution in [3.8, 4) is 0 Å². The Morgan fingerprint density at radius 2 is 0.967 bits per heavy atom. The van der Waals surface area contributed by atoms with Gasteiger partial charge in [0, 0.05) is 12.8 Å². The Morgan fingerprint density at radius 3 is 1.45 bits per heavy atom. The molecule has 0 aromatic rings. The number of esters is 2. The first kappa shape index (κ1) is 56.1. The van der Waals surface area contributed by atoms with Gasteiger partial charge in [0.05, 0.1) is 13.2 Å². The van der Waals surface area contributed by atoms with Gasteiger partial charge in [-0.1, -0.05) is 149 Å². The fourth-order valence-corrected chi connectivity index (χ4v) is 5.87. The number of allylic oxidation sites excluding steroid dienone is 18. The Balaban J connectivity index is 4.55. The van der Waals surface area contributed by atoms with Crippen molar-refractivity contribution >= 4 is 25.7 Å². The first-order chi connectivity index (χ1) is 29.1. The minimum atomic E-state index is -4.75. The Kier molecular flexibility index (Phi) is 39.2. The molecular formula is C48H76NO10P. The second kappa shape index (κ2) is 41.9. The molecule has 0 spiro atoms. The number of carbonyl (C=O) groups excluding carboxylic acids is 2. The molecule has 338 valence electrons. The van der Waals surface area contributed by atoms with E-state index in [0.717, 1.165) is 83.5 Å². The van der Waals surface area contributed by atoms with Gasteiger partial charge in [0.25, 0.3) is 0 Å². The van der Waals surface area contributed by atoms with E-state index in [0.29, 0.717) is 12.8 Å². The maximum Gasteiger partial charge on any atom is 0.472 e. The van der Waals surface area contributed by atoms with Crippen molar-refractivity contribution in [3.63, 3.8) is 0 Å². The number of phosphoric ester groups is 1. The van der Waals surface area contributed by atoms with Crippen LogP contribution in [0, 0.1) is 0 Å². The standard InChI is InChI=1S/C48H76NO10P/c1-3-5-7-9-11-13-15-17-19-21-22-24-25-27-29-31-33-35-37-39-46(50)56-41-44(42-57-60(54,55)58-43-45(49)48(52)53)59-47(51)40-38-36-34-32-30-28-26-23-20-18-16-14-12-10-8-6-4-2/h5,7,11-14,17-20,22,24,26-29,33,35,44-45H,3-4,6,8-10,15-16,21,23,25,30-32,34,36-43,49H2,1-2H3,(H,52,53)(H,54,55)/b7-5-,13-11-,14-12-,19-17-,20-18-,24-22-,28-26-,29-27-,35-33-/t44-,45+/m1/s1. The summed E-state index contributed by atoms with van der Waals surface area (Å²) in [7, 11) is -4.75. The molecule has 0 aromatic carbocycles. The summed E-state index contributed by atoms with van der Waals surface area (Å²) in [6.45, 7) is 2.54. The van der Waals surface area contributed by atoms with Crippen LogP contribution in [0.5, 0.6) is 0 Å². The zero-order chi connectivity index (χ0) is 44.2. The van der Waals surface area contributed by atoms with Crippen LogP contribution in [0.2, 0.25) is 0 Å². The van der Waals surface area contributed by atoms with E-state index >= 15 is 0 Å². The number of hydrogen-bond donors (Lipinski definition) is 3. The normalized spacial score (nSPS) is 14.7. The van der Waals surface area contributed by atoms with Gasteiger partial charge in [0.2, 0.25) is 0 Å². The second-order valence-corrected chi connectivity index (χ2v) is 15.5. The number of hydrogen-bond acceptors (Lipinski definition) is 9. The molecule has 0 saturated carbocycles. The highest BCUT2D eigenvalue weighted by atomic mass is 31.2. The molecular weight excluding hydrogens is 781 g/mol. The van der Waals surface area contributed by atoms with Gasteiger partial charge in [0.1, 0.15) is 12.6 Å². The van der Waals surface area contributed by atoms with E-state index in [9.17, 15) is 23.8 Å². The van der Waals surface area contributed by atoms with Crippen molar-refractivity contribution < 1.29 is 47.5 Å². The lowest BCUT2D eigenvalue weighted by atomic mass is 10.1. The average Bonchev–Trinajstić information content (AvgIpc) is 3.22. The summed E-state index contributed by atoms with van der Waals surface area (Å²) in [5, 5.41) is 8.89. The maximum absolute atomic E-state index is 12.6. The van der Waals surface area contributed by atoms with E-state index in [4.69, 9.17) is 24.8 Å². The van der Waals surface area contributed by atoms with Gasteiger partial charge >= 0.3 is 25.7 Å². The monoisotopic (exact) mass is 858 g/mol. The zero-order valence-corrected chi connectivity index (χ0v) is 37.4. The number of nitrogens with two attached hydrogens (primary N) is 1. The van der Waals surface area contributed by atoms with Gasteiger partial charge in [-0.2, -0.15) is 0 Å². The van der Waals surface area contributed by atoms with Crippen LogP contribution in [0.1, 0.15) is 142 Å². The predicted molar refractivity (Wildman–Crippen MR) is 244 cm³/mol. The van der Waals surface area contributed by atoms with E-state index in [-0.39, 0.29) is 12.8 Å². The van der Waals surface area contributed by atoms with Crippen molar-refractivity contribution in [2.75, 3.05) is 19.8 Å². The lowest BCUT2D eigenvalue weighted by molar-refractivity contribution is -0.161. The van der Waals surface area contributed by atoms with E-state index < -0.39 is 57.7 Å². The largest absolute Gasteiger partial charge is 0.480 e. The highest BCUT2D eigenvalue weighted by molar-refractivity contribution is 7.47. The SMILES string of the molecule is CC/C=C\C/C=C\C/C=C\C/C=C\C/C=C\C/C=C\CCC(=O)OC[C@H](COP(=O)(O)OC[C@H](N)C(=O)O)OC(=O)CCCCCC/C=C\C/C=C\C/C=C\CCCCC. The summed E-state index contributed by atoms with van der Waals surface area (Å²) in [6, 6.07) is -1.54. The number of rotatable bonds is 39. The van der Waals surface area contributed by atoms with Gasteiger partial charge in [-0.3, -0.25) is 23.4 Å². The van der Waals surface area contributed by atoms with Gasteiger partial charge in [0.15, 0.2) is 6.10 Å². The third-order valence-electron chi connectivity index (χ3n) is 8.52. The van der Waals surface area contributed by atoms with Gasteiger partial charge in [-0.25, -0.2) is 4.57 Å². The average molecular weight is 858 g/mol. The lowest BCUT2D eigenvalue weighted by Crippen LogP contribution is -2.34. The van der Waals surface area contributed by atoms with Crippen molar-refractivity contribution in [2.45, 2.75) is 154 Å². The highest BCUT2D eigenvalue weighted by Gasteiger charge is 2.28. The molecule has 60 heavy (non-hydrogen) atoms. The highest BCUT2D eigenvalue weighted by Crippen LogP contribution is 2.43. The molecule has 0 aliphatic heterocycles. The first-order valence-corrected chi connectivity index (χ1v) is 23.4. The molecule has 4 N–H and O–H groups in total. The third-order valence-corrected chi connectivity index (χ3v) is 9.47. The van der Waals surface area contributed by atoms with Crippen LogP contribution < -0.4 is 5.73 Å². The van der Waals surface area contributed by atoms with E-state index in [1.165, 1.54) is 19.3 Å². The predicted octanol–water partition coefficient (Wildman–Crippen LogP) is 11.8. The molecule has 0 heterocycles. The molecule has 11 nitrogen and oxygen atoms in total. The summed E-state index contributed by atoms with van der Waals surface area (Å²) in [4.78, 5) is 45.9. The molecule has 0 aliphatic carbocycles. The van der Waals surface area contributed by atoms with Crippen molar-refractivity contribution in [1.82, 2.24) is 0 Å². The van der Waals surface area contributed by atoms with Crippen molar-refractivity contribution in [2.24, 2.45) is 5.73 Å². The van der Waals surface area contributed by atoms with Crippen LogP contribution >= 0.6 is 7.82 Å². The molecule has 0 saturated heterocycles. The lowest BCUT2D eigenvalue weighted by Gasteiger charge is -2.20. The van der Waals surface area contributed by atoms with Crippen LogP contribution in [0.25, 0.3) is 0 Å². The second-order valence-electron chi connectivity index (χ2n) is 14.1. The van der Waals surface area contributed by atoms with E-state index in [2.05, 4.69) is 116 Å². The number of carboxylic acids is 1. The fraction of sp³-hybridized carbons (Fsp3) is 0.562. The minimum Gasteiger partial charge on any atom is -0.480 e. The van der Waals surface area contributed by atoms with Crippen LogP contribution in [0.3, 0.4) is 0 Å². The number of carbonyl (C=O) groups is 3. The topological polar surface area (TPSA) is 172 Å². The Hall–Kier alpha value is -3.86. The molecule has 3 atom stereocenters. The van der Waals surface area contributed by atoms with Crippen LogP contribution in [0.4, 0.5) is 0 Å². The zero-order valence-electron chi connectivity index (χ0n) is 36.5. The number of ether oxygens (including phenoxy) is 2. The molecule has 0 aromatic heterocycles. The number of carboxylic acid groups (broad SMARTS) is 1. The summed E-state index contributed by atoms with van der Waals surface area (Å²) in [5.41, 5.74) is 5.33. The Labute approximate surface area is 361 Å². The fourth-order valence-electron chi connectivity index (χ4n) is 5.10. The molecule has 1 unspecified atom stereocenters. The molecule has 0 rings (SSSR count). The van der Waals surface area contributed by atoms with Gasteiger partial charge in [-0.15, -0.1) is 0 Å². The molecule has 0 aliphatic rings. The maximum atomic E-state index is 12.6. The molecule has 0 fully saturated rings. The molecule has 12 heteroatoms. The van der Waals surface area contributed by atoms with Gasteiger partial charge in [-0.05, 0) is 89.9 Å². The van der Waals surface area contributed by atoms with Crippen LogP contribution in [-0.2, 0) is 37.5 Å². The van der Waals surface area contributed by atoms with Gasteiger partial charge < -0.3 is 25.2 Å². The summed E-state index contributed by atoms with van der Waals surface area (Å²) < 4.78 is 32.6. The molecule has 0 bridgehead atoms. The molecule has 0 radical (unpaired) electrons. The quantitative estimate of drug-likeness (QED) is 0.0232. The van der Waals surface area contributed by atoms with E-state index in [1.807, 2.05) is 12.2 Å². The summed E-state index contributed by atoms with van der Waals surface area (Å²) in [6.07, 6.45) is 54.5. The number of unbranched alkanes of at least 4 members (excludes halogenated alkanes) is 7. The number of phosphoric acid groups is 1. The summed E-state index contributed by atoms with van der Waals surface area (Å²) >= 11 is 0. The summed E-state index contributed by atoms with van der Waals surface area (Å²) in [5.74, 6) is -2.53. The van der Waals surface area contributed by atoms with E-state index in [1.54, 1.807) is 0 Å². The molecule has 0 amide bonds. The van der Waals surface area contributed by atoms with Crippen LogP contribution in [0.15, 0.2) is 109 Å². The van der Waals surface area contributed by atoms with Crippen molar-refractivity contribution in [1.29, 1.82) is 0 Å². The number of aliphatic carboxylic acids is 1. The third kappa shape index (κ3) is 40.9. The minimum absolute atomic E-state index is 0.0844. The Bertz CT molecular complexity index is 1430.